The standard InChI is InChI=1S/C16H12N2O7S2/c19-13-7-6-10-8-12(27(21,22)23)9-14(26-25-24-20)15(10)16(13)18-17-11-4-2-1-3-5-11/h1-9,19-20H,(H,21,22,23). The van der Waals surface area contributed by atoms with Crippen molar-refractivity contribution in [2.75, 3.05) is 0 Å². The number of aromatic hydroxyl groups is 1. The second-order valence-corrected chi connectivity index (χ2v) is 7.35. The first-order chi connectivity index (χ1) is 12.9. The Morgan fingerprint density at radius 3 is 2.41 bits per heavy atom. The lowest BCUT2D eigenvalue weighted by Gasteiger charge is -2.10. The molecule has 9 nitrogen and oxygen atoms in total. The van der Waals surface area contributed by atoms with Gasteiger partial charge in [-0.3, -0.25) is 4.55 Å². The molecule has 3 rings (SSSR count). The lowest BCUT2D eigenvalue weighted by atomic mass is 10.1. The molecule has 3 aromatic rings. The maximum Gasteiger partial charge on any atom is 0.294 e. The molecule has 0 bridgehead atoms. The molecule has 0 aliphatic rings. The van der Waals surface area contributed by atoms with Crippen LogP contribution in [0, 0.1) is 0 Å². The minimum Gasteiger partial charge on any atom is -0.506 e. The molecule has 3 N–H and O–H groups in total. The Labute approximate surface area is 157 Å². The average Bonchev–Trinajstić information content (AvgIpc) is 2.65. The third kappa shape index (κ3) is 4.42. The molecule has 0 amide bonds. The van der Waals surface area contributed by atoms with E-state index in [9.17, 15) is 18.1 Å². The van der Waals surface area contributed by atoms with Crippen molar-refractivity contribution in [2.45, 2.75) is 9.79 Å². The highest BCUT2D eigenvalue weighted by Gasteiger charge is 2.19. The van der Waals surface area contributed by atoms with E-state index in [2.05, 4.69) is 19.6 Å². The molecule has 3 aromatic carbocycles. The molecule has 0 saturated heterocycles. The number of phenolic OH excluding ortho intramolecular Hbond substituents is 1. The largest absolute Gasteiger partial charge is 0.506 e. The van der Waals surface area contributed by atoms with Crippen molar-refractivity contribution in [3.8, 4) is 5.75 Å². The van der Waals surface area contributed by atoms with Crippen LogP contribution in [0.4, 0.5) is 11.4 Å². The summed E-state index contributed by atoms with van der Waals surface area (Å²) in [6, 6.07) is 13.8. The van der Waals surface area contributed by atoms with Gasteiger partial charge in [0.15, 0.2) is 0 Å². The van der Waals surface area contributed by atoms with Crippen LogP contribution in [0.1, 0.15) is 0 Å². The molecule has 0 aromatic heterocycles. The number of nitrogens with zero attached hydrogens (tertiary/aromatic N) is 2. The molecule has 0 unspecified atom stereocenters. The number of rotatable bonds is 6. The first-order valence-corrected chi connectivity index (χ1v) is 9.47. The van der Waals surface area contributed by atoms with E-state index in [1.807, 2.05) is 6.07 Å². The number of hydrogen-bond acceptors (Lipinski definition) is 9. The van der Waals surface area contributed by atoms with Crippen LogP contribution in [0.3, 0.4) is 0 Å². The monoisotopic (exact) mass is 408 g/mol. The van der Waals surface area contributed by atoms with Crippen molar-refractivity contribution in [1.29, 1.82) is 0 Å². The third-order valence-corrected chi connectivity index (χ3v) is 4.94. The first-order valence-electron chi connectivity index (χ1n) is 7.29. The van der Waals surface area contributed by atoms with Gasteiger partial charge in [-0.25, -0.2) is 5.26 Å². The second kappa shape index (κ2) is 8.00. The van der Waals surface area contributed by atoms with Gasteiger partial charge in [-0.05, 0) is 35.7 Å². The van der Waals surface area contributed by atoms with E-state index >= 15 is 0 Å². The molecule has 0 fully saturated rings. The Morgan fingerprint density at radius 2 is 1.74 bits per heavy atom. The lowest BCUT2D eigenvalue weighted by molar-refractivity contribution is -0.432. The van der Waals surface area contributed by atoms with Crippen LogP contribution < -0.4 is 0 Å². The molecule has 0 heterocycles. The van der Waals surface area contributed by atoms with Gasteiger partial charge in [0.05, 0.1) is 27.5 Å². The van der Waals surface area contributed by atoms with Crippen LogP contribution in [-0.2, 0) is 19.5 Å². The molecule has 27 heavy (non-hydrogen) atoms. The number of hydrogen-bond donors (Lipinski definition) is 3. The van der Waals surface area contributed by atoms with Crippen LogP contribution in [-0.4, -0.2) is 23.3 Å². The van der Waals surface area contributed by atoms with Gasteiger partial charge in [0.1, 0.15) is 11.4 Å². The van der Waals surface area contributed by atoms with E-state index in [0.717, 1.165) is 6.07 Å². The molecule has 0 saturated carbocycles. The van der Waals surface area contributed by atoms with E-state index in [1.54, 1.807) is 24.3 Å². The maximum atomic E-state index is 11.5. The topological polar surface area (TPSA) is 138 Å². The van der Waals surface area contributed by atoms with Crippen molar-refractivity contribution >= 4 is 44.3 Å². The van der Waals surface area contributed by atoms with Gasteiger partial charge in [0, 0.05) is 5.39 Å². The number of benzene rings is 3. The molecule has 0 spiro atoms. The summed E-state index contributed by atoms with van der Waals surface area (Å²) < 4.78 is 36.7. The Kier molecular flexibility index (Phi) is 5.70. The van der Waals surface area contributed by atoms with Gasteiger partial charge in [-0.1, -0.05) is 29.3 Å². The van der Waals surface area contributed by atoms with Crippen LogP contribution in [0.15, 0.2) is 74.6 Å². The normalized spacial score (nSPS) is 12.1. The summed E-state index contributed by atoms with van der Waals surface area (Å²) in [5.41, 5.74) is 0.579. The predicted octanol–water partition coefficient (Wildman–Crippen LogP) is 4.64. The quantitative estimate of drug-likeness (QED) is 0.176. The fraction of sp³-hybridized carbons (Fsp3) is 0. The Hall–Kier alpha value is -2.54. The highest BCUT2D eigenvalue weighted by Crippen LogP contribution is 2.42. The number of azo groups is 1. The van der Waals surface area contributed by atoms with Crippen molar-refractivity contribution < 1.29 is 32.7 Å². The van der Waals surface area contributed by atoms with E-state index in [1.165, 1.54) is 18.2 Å². The highest BCUT2D eigenvalue weighted by molar-refractivity contribution is 7.94. The Morgan fingerprint density at radius 1 is 1.00 bits per heavy atom. The van der Waals surface area contributed by atoms with Gasteiger partial charge in [0.2, 0.25) is 0 Å². The summed E-state index contributed by atoms with van der Waals surface area (Å²) in [6.07, 6.45) is 0. The van der Waals surface area contributed by atoms with Gasteiger partial charge in [-0.15, -0.1) is 9.45 Å². The molecule has 0 aliphatic heterocycles. The summed E-state index contributed by atoms with van der Waals surface area (Å²) in [5.74, 6) is -0.214. The van der Waals surface area contributed by atoms with Crippen LogP contribution in [0.2, 0.25) is 0 Å². The Balaban J connectivity index is 2.23. The van der Waals surface area contributed by atoms with Crippen molar-refractivity contribution in [3.05, 3.63) is 54.6 Å². The van der Waals surface area contributed by atoms with E-state index in [4.69, 9.17) is 5.26 Å². The molecule has 0 atom stereocenters. The van der Waals surface area contributed by atoms with Gasteiger partial charge in [-0.2, -0.15) is 13.5 Å². The van der Waals surface area contributed by atoms with E-state index < -0.39 is 15.0 Å². The van der Waals surface area contributed by atoms with E-state index in [-0.39, 0.29) is 21.7 Å². The zero-order chi connectivity index (χ0) is 19.4. The first kappa shape index (κ1) is 19.2. The molecular formula is C16H12N2O7S2. The number of phenols is 1. The lowest BCUT2D eigenvalue weighted by Crippen LogP contribution is -1.98. The van der Waals surface area contributed by atoms with Crippen molar-refractivity contribution in [3.63, 3.8) is 0 Å². The maximum absolute atomic E-state index is 11.5. The zero-order valence-corrected chi connectivity index (χ0v) is 15.0. The minimum atomic E-state index is -4.51. The van der Waals surface area contributed by atoms with Crippen molar-refractivity contribution in [1.82, 2.24) is 0 Å². The fourth-order valence-electron chi connectivity index (χ4n) is 2.34. The SMILES string of the molecule is O=S(=O)(O)c1cc(SOOO)c2c(N=Nc3ccccc3)c(O)ccc2c1. The summed E-state index contributed by atoms with van der Waals surface area (Å²) in [4.78, 5) is -0.303. The second-order valence-electron chi connectivity index (χ2n) is 5.19. The molecule has 0 aliphatic carbocycles. The minimum absolute atomic E-state index is 0.0438. The average molecular weight is 408 g/mol. The number of fused-ring (bicyclic) bond motifs is 1. The third-order valence-electron chi connectivity index (χ3n) is 3.48. The van der Waals surface area contributed by atoms with Crippen LogP contribution in [0.5, 0.6) is 5.75 Å². The van der Waals surface area contributed by atoms with Gasteiger partial charge in [0.25, 0.3) is 10.1 Å². The summed E-state index contributed by atoms with van der Waals surface area (Å²) in [5, 5.41) is 30.9. The summed E-state index contributed by atoms with van der Waals surface area (Å²) >= 11 is 0.464. The zero-order valence-electron chi connectivity index (χ0n) is 13.4. The fourth-order valence-corrected chi connectivity index (χ4v) is 3.54. The van der Waals surface area contributed by atoms with Crippen molar-refractivity contribution in [2.24, 2.45) is 10.2 Å². The summed E-state index contributed by atoms with van der Waals surface area (Å²) in [7, 11) is -4.51. The molecule has 11 heteroatoms. The van der Waals surface area contributed by atoms with Gasteiger partial charge < -0.3 is 5.11 Å². The molecule has 140 valence electrons. The molecular weight excluding hydrogens is 396 g/mol. The van der Waals surface area contributed by atoms with Gasteiger partial charge >= 0.3 is 0 Å². The highest BCUT2D eigenvalue weighted by atomic mass is 32.2. The van der Waals surface area contributed by atoms with Crippen LogP contribution in [0.25, 0.3) is 10.8 Å². The summed E-state index contributed by atoms with van der Waals surface area (Å²) in [6.45, 7) is 0. The predicted molar refractivity (Wildman–Crippen MR) is 96.7 cm³/mol. The molecule has 0 radical (unpaired) electrons. The Bertz CT molecular complexity index is 1100. The van der Waals surface area contributed by atoms with Crippen LogP contribution >= 0.6 is 12.0 Å². The van der Waals surface area contributed by atoms with E-state index in [0.29, 0.717) is 23.1 Å². The smallest absolute Gasteiger partial charge is 0.294 e.